The zero-order valence-electron chi connectivity index (χ0n) is 10.8. The second kappa shape index (κ2) is 5.15. The maximum atomic E-state index is 11.7. The first-order valence-corrected chi connectivity index (χ1v) is 5.76. The predicted molar refractivity (Wildman–Crippen MR) is 66.3 cm³/mol. The molecule has 1 aromatic carbocycles. The number of hydrogen-bond acceptors (Lipinski definition) is 2. The molecule has 0 saturated carbocycles. The lowest BCUT2D eigenvalue weighted by atomic mass is 10.00. The zero-order chi connectivity index (χ0) is 12.3. The van der Waals surface area contributed by atoms with Gasteiger partial charge in [0, 0.05) is 12.0 Å². The molecule has 0 radical (unpaired) electrons. The molecule has 0 spiro atoms. The summed E-state index contributed by atoms with van der Waals surface area (Å²) in [4.78, 5) is 11.7. The van der Waals surface area contributed by atoms with E-state index in [1.165, 1.54) is 0 Å². The minimum Gasteiger partial charge on any atom is -0.491 e. The Bertz CT molecular complexity index is 392. The standard InChI is InChI=1S/C14H20O2/c1-6-13(15)12-7-11(5)14(8-10(12)4)16-9(2)3/h7-9H,6H2,1-5H3. The van der Waals surface area contributed by atoms with Gasteiger partial charge in [-0.05, 0) is 51.0 Å². The highest BCUT2D eigenvalue weighted by atomic mass is 16.5. The van der Waals surface area contributed by atoms with Gasteiger partial charge in [-0.15, -0.1) is 0 Å². The summed E-state index contributed by atoms with van der Waals surface area (Å²) in [5.74, 6) is 1.07. The first kappa shape index (κ1) is 12.8. The van der Waals surface area contributed by atoms with E-state index >= 15 is 0 Å². The number of ether oxygens (including phenoxy) is 1. The van der Waals surface area contributed by atoms with Gasteiger partial charge in [0.05, 0.1) is 6.10 Å². The van der Waals surface area contributed by atoms with E-state index in [0.717, 1.165) is 22.4 Å². The Labute approximate surface area is 97.6 Å². The summed E-state index contributed by atoms with van der Waals surface area (Å²) in [7, 11) is 0. The van der Waals surface area contributed by atoms with Gasteiger partial charge < -0.3 is 4.74 Å². The van der Waals surface area contributed by atoms with Crippen LogP contribution in [0, 0.1) is 13.8 Å². The van der Waals surface area contributed by atoms with Crippen LogP contribution in [0.25, 0.3) is 0 Å². The summed E-state index contributed by atoms with van der Waals surface area (Å²) in [5.41, 5.74) is 2.83. The monoisotopic (exact) mass is 220 g/mol. The first-order valence-electron chi connectivity index (χ1n) is 5.76. The van der Waals surface area contributed by atoms with Crippen molar-refractivity contribution >= 4 is 5.78 Å². The zero-order valence-corrected chi connectivity index (χ0v) is 10.8. The lowest BCUT2D eigenvalue weighted by Crippen LogP contribution is -2.08. The van der Waals surface area contributed by atoms with E-state index in [2.05, 4.69) is 0 Å². The van der Waals surface area contributed by atoms with E-state index in [1.807, 2.05) is 46.8 Å². The highest BCUT2D eigenvalue weighted by molar-refractivity contribution is 5.97. The number of benzene rings is 1. The fraction of sp³-hybridized carbons (Fsp3) is 0.500. The molecule has 0 aliphatic rings. The number of ketones is 1. The molecule has 0 amide bonds. The van der Waals surface area contributed by atoms with Crippen LogP contribution in [0.3, 0.4) is 0 Å². The molecule has 0 unspecified atom stereocenters. The van der Waals surface area contributed by atoms with Crippen LogP contribution in [-0.4, -0.2) is 11.9 Å². The Morgan fingerprint density at radius 3 is 2.38 bits per heavy atom. The van der Waals surface area contributed by atoms with Crippen LogP contribution in [0.1, 0.15) is 48.7 Å². The Morgan fingerprint density at radius 1 is 1.25 bits per heavy atom. The molecule has 1 rings (SSSR count). The highest BCUT2D eigenvalue weighted by Crippen LogP contribution is 2.24. The number of carbonyl (C=O) groups excluding carboxylic acids is 1. The SMILES string of the molecule is CCC(=O)c1cc(C)c(OC(C)C)cc1C. The Kier molecular flexibility index (Phi) is 4.11. The van der Waals surface area contributed by atoms with E-state index in [-0.39, 0.29) is 11.9 Å². The minimum atomic E-state index is 0.158. The average molecular weight is 220 g/mol. The normalized spacial score (nSPS) is 10.6. The summed E-state index contributed by atoms with van der Waals surface area (Å²) in [6, 6.07) is 3.89. The van der Waals surface area contributed by atoms with Gasteiger partial charge in [-0.25, -0.2) is 0 Å². The minimum absolute atomic E-state index is 0.158. The van der Waals surface area contributed by atoms with E-state index in [4.69, 9.17) is 4.74 Å². The second-order valence-electron chi connectivity index (χ2n) is 4.38. The molecule has 2 nitrogen and oxygen atoms in total. The van der Waals surface area contributed by atoms with Crippen molar-refractivity contribution in [3.63, 3.8) is 0 Å². The van der Waals surface area contributed by atoms with Crippen LogP contribution in [0.4, 0.5) is 0 Å². The molecule has 16 heavy (non-hydrogen) atoms. The smallest absolute Gasteiger partial charge is 0.162 e. The maximum Gasteiger partial charge on any atom is 0.162 e. The molecule has 0 fully saturated rings. The van der Waals surface area contributed by atoms with Crippen molar-refractivity contribution in [1.29, 1.82) is 0 Å². The van der Waals surface area contributed by atoms with Crippen LogP contribution in [0.15, 0.2) is 12.1 Å². The molecule has 0 aromatic heterocycles. The van der Waals surface area contributed by atoms with E-state index in [9.17, 15) is 4.79 Å². The van der Waals surface area contributed by atoms with Crippen molar-refractivity contribution in [2.24, 2.45) is 0 Å². The van der Waals surface area contributed by atoms with Crippen molar-refractivity contribution in [2.75, 3.05) is 0 Å². The van der Waals surface area contributed by atoms with Crippen LogP contribution in [0.2, 0.25) is 0 Å². The van der Waals surface area contributed by atoms with Crippen molar-refractivity contribution in [2.45, 2.75) is 47.1 Å². The predicted octanol–water partition coefficient (Wildman–Crippen LogP) is 3.68. The molecule has 0 bridgehead atoms. The molecule has 0 heterocycles. The molecule has 0 aliphatic carbocycles. The van der Waals surface area contributed by atoms with Crippen LogP contribution in [0.5, 0.6) is 5.75 Å². The van der Waals surface area contributed by atoms with E-state index < -0.39 is 0 Å². The lowest BCUT2D eigenvalue weighted by Gasteiger charge is -2.15. The van der Waals surface area contributed by atoms with Crippen molar-refractivity contribution in [3.8, 4) is 5.75 Å². The number of rotatable bonds is 4. The number of aryl methyl sites for hydroxylation is 2. The van der Waals surface area contributed by atoms with Crippen molar-refractivity contribution in [1.82, 2.24) is 0 Å². The molecule has 88 valence electrons. The molecule has 0 N–H and O–H groups in total. The quantitative estimate of drug-likeness (QED) is 0.723. The topological polar surface area (TPSA) is 26.3 Å². The number of carbonyl (C=O) groups is 1. The Balaban J connectivity index is 3.11. The van der Waals surface area contributed by atoms with Crippen molar-refractivity contribution in [3.05, 3.63) is 28.8 Å². The molecule has 2 heteroatoms. The first-order chi connectivity index (χ1) is 7.45. The van der Waals surface area contributed by atoms with Gasteiger partial charge in [0.15, 0.2) is 5.78 Å². The lowest BCUT2D eigenvalue weighted by molar-refractivity contribution is 0.0987. The summed E-state index contributed by atoms with van der Waals surface area (Å²) in [6.07, 6.45) is 0.704. The number of hydrogen-bond donors (Lipinski definition) is 0. The van der Waals surface area contributed by atoms with Crippen LogP contribution in [-0.2, 0) is 0 Å². The summed E-state index contributed by atoms with van der Waals surface area (Å²) in [6.45, 7) is 9.81. The number of Topliss-reactive ketones (excluding diaryl/α,β-unsaturated/α-hetero) is 1. The average Bonchev–Trinajstić information content (AvgIpc) is 2.21. The van der Waals surface area contributed by atoms with E-state index in [0.29, 0.717) is 6.42 Å². The van der Waals surface area contributed by atoms with E-state index in [1.54, 1.807) is 0 Å². The van der Waals surface area contributed by atoms with Gasteiger partial charge in [0.25, 0.3) is 0 Å². The van der Waals surface area contributed by atoms with Gasteiger partial charge in [0.2, 0.25) is 0 Å². The van der Waals surface area contributed by atoms with Crippen LogP contribution >= 0.6 is 0 Å². The third kappa shape index (κ3) is 2.84. The summed E-state index contributed by atoms with van der Waals surface area (Å²) in [5, 5.41) is 0. The molecule has 1 aromatic rings. The maximum absolute atomic E-state index is 11.7. The third-order valence-electron chi connectivity index (χ3n) is 2.51. The Morgan fingerprint density at radius 2 is 1.88 bits per heavy atom. The summed E-state index contributed by atoms with van der Waals surface area (Å²) >= 11 is 0. The molecule has 0 atom stereocenters. The van der Waals surface area contributed by atoms with Crippen LogP contribution < -0.4 is 4.74 Å². The molecule has 0 aliphatic heterocycles. The summed E-state index contributed by atoms with van der Waals surface area (Å²) < 4.78 is 5.68. The fourth-order valence-electron chi connectivity index (χ4n) is 1.66. The molecular formula is C14H20O2. The molecular weight excluding hydrogens is 200 g/mol. The second-order valence-corrected chi connectivity index (χ2v) is 4.38. The molecule has 0 saturated heterocycles. The highest BCUT2D eigenvalue weighted by Gasteiger charge is 2.11. The Hall–Kier alpha value is -1.31. The fourth-order valence-corrected chi connectivity index (χ4v) is 1.66. The van der Waals surface area contributed by atoms with Gasteiger partial charge >= 0.3 is 0 Å². The van der Waals surface area contributed by atoms with Gasteiger partial charge in [-0.3, -0.25) is 4.79 Å². The largest absolute Gasteiger partial charge is 0.491 e. The third-order valence-corrected chi connectivity index (χ3v) is 2.51. The van der Waals surface area contributed by atoms with Gasteiger partial charge in [-0.2, -0.15) is 0 Å². The van der Waals surface area contributed by atoms with Gasteiger partial charge in [-0.1, -0.05) is 6.92 Å². The van der Waals surface area contributed by atoms with Gasteiger partial charge in [0.1, 0.15) is 5.75 Å². The van der Waals surface area contributed by atoms with Crippen molar-refractivity contribution < 1.29 is 9.53 Å².